The first-order valence-corrected chi connectivity index (χ1v) is 6.98. The van der Waals surface area contributed by atoms with Crippen LogP contribution in [0.25, 0.3) is 0 Å². The summed E-state index contributed by atoms with van der Waals surface area (Å²) >= 11 is 5.70. The Morgan fingerprint density at radius 1 is 1.19 bits per heavy atom. The Labute approximate surface area is 125 Å². The third kappa shape index (κ3) is 2.01. The molecule has 1 aliphatic carbocycles. The van der Waals surface area contributed by atoms with Gasteiger partial charge in [0.1, 0.15) is 11.2 Å². The standard InChI is InChI=1S/C14H12ClFN2O3/c15-9-7-8(3-4-10(9)16)18-12(20)14(5-1-2-6-14)11(19)17-13(18)21/h3-4,7H,1-2,5-6H2,(H,17,19,21). The number of nitrogens with zero attached hydrogens (tertiary/aromatic N) is 1. The molecule has 0 unspecified atom stereocenters. The van der Waals surface area contributed by atoms with Gasteiger partial charge in [0.15, 0.2) is 0 Å². The van der Waals surface area contributed by atoms with Crippen LogP contribution in [0.1, 0.15) is 25.7 Å². The number of barbiturate groups is 1. The summed E-state index contributed by atoms with van der Waals surface area (Å²) < 4.78 is 13.2. The van der Waals surface area contributed by atoms with E-state index in [0.29, 0.717) is 12.8 Å². The molecule has 1 heterocycles. The van der Waals surface area contributed by atoms with Crippen molar-refractivity contribution in [1.29, 1.82) is 0 Å². The molecule has 5 nitrogen and oxygen atoms in total. The largest absolute Gasteiger partial charge is 0.335 e. The van der Waals surface area contributed by atoms with Crippen molar-refractivity contribution in [2.45, 2.75) is 25.7 Å². The third-order valence-corrected chi connectivity index (χ3v) is 4.38. The average Bonchev–Trinajstić information content (AvgIpc) is 2.92. The van der Waals surface area contributed by atoms with Crippen molar-refractivity contribution in [3.8, 4) is 0 Å². The predicted molar refractivity (Wildman–Crippen MR) is 73.3 cm³/mol. The van der Waals surface area contributed by atoms with Gasteiger partial charge in [-0.3, -0.25) is 14.9 Å². The van der Waals surface area contributed by atoms with Crippen LogP contribution < -0.4 is 10.2 Å². The Kier molecular flexibility index (Phi) is 3.20. The molecular formula is C14H12ClFN2O3. The van der Waals surface area contributed by atoms with E-state index < -0.39 is 29.1 Å². The van der Waals surface area contributed by atoms with Crippen LogP contribution in [-0.2, 0) is 9.59 Å². The minimum Gasteiger partial charge on any atom is -0.276 e. The Morgan fingerprint density at radius 2 is 1.86 bits per heavy atom. The number of halogens is 2. The summed E-state index contributed by atoms with van der Waals surface area (Å²) in [6.45, 7) is 0. The van der Waals surface area contributed by atoms with Crippen molar-refractivity contribution in [3.63, 3.8) is 0 Å². The van der Waals surface area contributed by atoms with E-state index in [-0.39, 0.29) is 10.7 Å². The van der Waals surface area contributed by atoms with Crippen molar-refractivity contribution in [2.24, 2.45) is 5.41 Å². The second kappa shape index (κ2) is 4.80. The van der Waals surface area contributed by atoms with E-state index in [0.717, 1.165) is 23.8 Å². The number of rotatable bonds is 1. The lowest BCUT2D eigenvalue weighted by Gasteiger charge is -2.36. The number of amides is 4. The highest BCUT2D eigenvalue weighted by atomic mass is 35.5. The zero-order valence-corrected chi connectivity index (χ0v) is 11.7. The van der Waals surface area contributed by atoms with Gasteiger partial charge in [-0.2, -0.15) is 0 Å². The zero-order valence-electron chi connectivity index (χ0n) is 11.0. The van der Waals surface area contributed by atoms with E-state index >= 15 is 0 Å². The maximum Gasteiger partial charge on any atom is 0.335 e. The average molecular weight is 311 g/mol. The normalized spacial score (nSPS) is 21.0. The summed E-state index contributed by atoms with van der Waals surface area (Å²) in [4.78, 5) is 37.6. The van der Waals surface area contributed by atoms with Crippen LogP contribution in [0.2, 0.25) is 5.02 Å². The number of carbonyl (C=O) groups excluding carboxylic acids is 3. The third-order valence-electron chi connectivity index (χ3n) is 4.09. The molecule has 1 aromatic carbocycles. The van der Waals surface area contributed by atoms with Gasteiger partial charge in [-0.25, -0.2) is 14.1 Å². The van der Waals surface area contributed by atoms with Gasteiger partial charge < -0.3 is 0 Å². The van der Waals surface area contributed by atoms with E-state index in [9.17, 15) is 18.8 Å². The van der Waals surface area contributed by atoms with E-state index in [4.69, 9.17) is 11.6 Å². The van der Waals surface area contributed by atoms with E-state index in [2.05, 4.69) is 5.32 Å². The van der Waals surface area contributed by atoms with Crippen molar-refractivity contribution in [2.75, 3.05) is 4.90 Å². The molecule has 0 atom stereocenters. The lowest BCUT2D eigenvalue weighted by atomic mass is 9.82. The quantitative estimate of drug-likeness (QED) is 0.811. The SMILES string of the molecule is O=C1NC(=O)C2(CCCC2)C(=O)N1c1ccc(F)c(Cl)c1. The minimum absolute atomic E-state index is 0.155. The number of hydrogen-bond donors (Lipinski definition) is 1. The molecule has 1 spiro atoms. The highest BCUT2D eigenvalue weighted by Crippen LogP contribution is 2.43. The van der Waals surface area contributed by atoms with Gasteiger partial charge in [-0.15, -0.1) is 0 Å². The van der Waals surface area contributed by atoms with Gasteiger partial charge in [0, 0.05) is 0 Å². The topological polar surface area (TPSA) is 66.5 Å². The monoisotopic (exact) mass is 310 g/mol. The number of carbonyl (C=O) groups is 3. The predicted octanol–water partition coefficient (Wildman–Crippen LogP) is 2.62. The molecule has 3 rings (SSSR count). The highest BCUT2D eigenvalue weighted by Gasteiger charge is 2.55. The lowest BCUT2D eigenvalue weighted by Crippen LogP contribution is -2.63. The second-order valence-corrected chi connectivity index (χ2v) is 5.69. The zero-order chi connectivity index (χ0) is 15.2. The Balaban J connectivity index is 2.04. The first-order chi connectivity index (χ1) is 9.95. The van der Waals surface area contributed by atoms with Gasteiger partial charge in [0.05, 0.1) is 10.7 Å². The number of urea groups is 1. The summed E-state index contributed by atoms with van der Waals surface area (Å²) in [6, 6.07) is 2.74. The molecule has 1 saturated heterocycles. The molecule has 4 amide bonds. The van der Waals surface area contributed by atoms with Crippen LogP contribution in [0.5, 0.6) is 0 Å². The van der Waals surface area contributed by atoms with Crippen LogP contribution in [0.3, 0.4) is 0 Å². The maximum atomic E-state index is 13.2. The van der Waals surface area contributed by atoms with Gasteiger partial charge in [0.25, 0.3) is 5.91 Å². The molecule has 2 aliphatic rings. The summed E-state index contributed by atoms with van der Waals surface area (Å²) in [7, 11) is 0. The molecule has 1 saturated carbocycles. The van der Waals surface area contributed by atoms with Crippen molar-refractivity contribution >= 4 is 35.1 Å². The summed E-state index contributed by atoms with van der Waals surface area (Å²) in [6.07, 6.45) is 2.34. The number of anilines is 1. The highest BCUT2D eigenvalue weighted by molar-refractivity contribution is 6.32. The van der Waals surface area contributed by atoms with Crippen molar-refractivity contribution in [3.05, 3.63) is 29.0 Å². The summed E-state index contributed by atoms with van der Waals surface area (Å²) in [5.74, 6) is -1.74. The van der Waals surface area contributed by atoms with Crippen LogP contribution >= 0.6 is 11.6 Å². The molecule has 7 heteroatoms. The van der Waals surface area contributed by atoms with Gasteiger partial charge >= 0.3 is 6.03 Å². The van der Waals surface area contributed by atoms with Crippen molar-refractivity contribution < 1.29 is 18.8 Å². The van der Waals surface area contributed by atoms with Gasteiger partial charge in [-0.1, -0.05) is 24.4 Å². The molecule has 1 N–H and O–H groups in total. The minimum atomic E-state index is -1.19. The Morgan fingerprint density at radius 3 is 2.48 bits per heavy atom. The number of hydrogen-bond acceptors (Lipinski definition) is 3. The van der Waals surface area contributed by atoms with Crippen LogP contribution in [0, 0.1) is 11.2 Å². The Hall–Kier alpha value is -1.95. The maximum absolute atomic E-state index is 13.2. The molecule has 0 aromatic heterocycles. The van der Waals surface area contributed by atoms with Gasteiger partial charge in [-0.05, 0) is 31.0 Å². The van der Waals surface area contributed by atoms with Gasteiger partial charge in [0.2, 0.25) is 5.91 Å². The fraction of sp³-hybridized carbons (Fsp3) is 0.357. The Bertz CT molecular complexity index is 656. The van der Waals surface area contributed by atoms with E-state index in [1.165, 1.54) is 12.1 Å². The molecule has 21 heavy (non-hydrogen) atoms. The summed E-state index contributed by atoms with van der Waals surface area (Å²) in [5.41, 5.74) is -1.03. The molecule has 0 bridgehead atoms. The van der Waals surface area contributed by atoms with E-state index in [1.807, 2.05) is 0 Å². The summed E-state index contributed by atoms with van der Waals surface area (Å²) in [5, 5.41) is 2.03. The molecule has 110 valence electrons. The smallest absolute Gasteiger partial charge is 0.276 e. The van der Waals surface area contributed by atoms with Crippen LogP contribution in [0.4, 0.5) is 14.9 Å². The molecule has 0 radical (unpaired) electrons. The van der Waals surface area contributed by atoms with Crippen LogP contribution in [0.15, 0.2) is 18.2 Å². The number of imide groups is 2. The molecule has 1 aliphatic heterocycles. The second-order valence-electron chi connectivity index (χ2n) is 5.29. The first kappa shape index (κ1) is 14.0. The molecular weight excluding hydrogens is 299 g/mol. The van der Waals surface area contributed by atoms with Crippen LogP contribution in [-0.4, -0.2) is 17.8 Å². The fourth-order valence-corrected chi connectivity index (χ4v) is 3.13. The van der Waals surface area contributed by atoms with Crippen molar-refractivity contribution in [1.82, 2.24) is 5.32 Å². The first-order valence-electron chi connectivity index (χ1n) is 6.61. The molecule has 2 fully saturated rings. The number of benzene rings is 1. The van der Waals surface area contributed by atoms with E-state index in [1.54, 1.807) is 0 Å². The lowest BCUT2D eigenvalue weighted by molar-refractivity contribution is -0.142. The fourth-order valence-electron chi connectivity index (χ4n) is 2.95. The molecule has 1 aromatic rings. The number of nitrogens with one attached hydrogen (secondary N) is 1.